The fraction of sp³-hybridized carbons (Fsp3) is 0.200. The highest BCUT2D eigenvalue weighted by Gasteiger charge is 2.32. The number of hydrogen-bond donors (Lipinski definition) is 1. The van der Waals surface area contributed by atoms with Crippen molar-refractivity contribution in [2.45, 2.75) is 32.6 Å². The molecule has 0 aliphatic heterocycles. The Balaban J connectivity index is 1.49. The summed E-state index contributed by atoms with van der Waals surface area (Å²) in [4.78, 5) is 29.3. The highest BCUT2D eigenvalue weighted by molar-refractivity contribution is 5.89. The molecule has 0 aliphatic rings. The summed E-state index contributed by atoms with van der Waals surface area (Å²) in [6, 6.07) is 26.9. The van der Waals surface area contributed by atoms with Gasteiger partial charge in [-0.3, -0.25) is 9.59 Å². The predicted octanol–water partition coefficient (Wildman–Crippen LogP) is 4.51. The predicted molar refractivity (Wildman–Crippen MR) is 145 cm³/mol. The minimum Gasteiger partial charge on any atom is -0.494 e. The van der Waals surface area contributed by atoms with Gasteiger partial charge in [0, 0.05) is 6.54 Å². The maximum absolute atomic E-state index is 13.9. The Morgan fingerprint density at radius 1 is 0.974 bits per heavy atom. The molecule has 9 nitrogen and oxygen atoms in total. The van der Waals surface area contributed by atoms with Gasteiger partial charge >= 0.3 is 0 Å². The number of benzene rings is 3. The van der Waals surface area contributed by atoms with Gasteiger partial charge in [-0.05, 0) is 54.4 Å². The van der Waals surface area contributed by atoms with Gasteiger partial charge in [-0.25, -0.2) is 4.68 Å². The van der Waals surface area contributed by atoms with Gasteiger partial charge in [-0.15, -0.1) is 5.10 Å². The molecule has 3 aromatic carbocycles. The van der Waals surface area contributed by atoms with E-state index in [0.29, 0.717) is 35.7 Å². The second kappa shape index (κ2) is 12.1. The number of furan rings is 1. The van der Waals surface area contributed by atoms with Crippen LogP contribution in [0.3, 0.4) is 0 Å². The molecule has 5 rings (SSSR count). The molecular weight excluding hydrogens is 494 g/mol. The molecule has 0 aliphatic carbocycles. The molecule has 0 saturated carbocycles. The molecule has 0 fully saturated rings. The summed E-state index contributed by atoms with van der Waals surface area (Å²) in [5.41, 5.74) is 3.02. The van der Waals surface area contributed by atoms with E-state index in [1.165, 1.54) is 4.90 Å². The Hall–Kier alpha value is -4.92. The molecule has 0 spiro atoms. The van der Waals surface area contributed by atoms with E-state index in [1.54, 1.807) is 35.2 Å². The zero-order valence-electron chi connectivity index (χ0n) is 21.6. The largest absolute Gasteiger partial charge is 0.494 e. The molecule has 1 N–H and O–H groups in total. The summed E-state index contributed by atoms with van der Waals surface area (Å²) in [5, 5.41) is 11.4. The van der Waals surface area contributed by atoms with E-state index in [4.69, 9.17) is 9.15 Å². The van der Waals surface area contributed by atoms with Crippen molar-refractivity contribution in [3.05, 3.63) is 114 Å². The van der Waals surface area contributed by atoms with Gasteiger partial charge < -0.3 is 19.4 Å². The van der Waals surface area contributed by atoms with Crippen LogP contribution in [0.1, 0.15) is 29.9 Å². The van der Waals surface area contributed by atoms with Crippen LogP contribution >= 0.6 is 0 Å². The van der Waals surface area contributed by atoms with Crippen LogP contribution in [0.15, 0.2) is 102 Å². The van der Waals surface area contributed by atoms with Gasteiger partial charge in [0.2, 0.25) is 11.8 Å². The zero-order valence-corrected chi connectivity index (χ0v) is 21.6. The number of hydrogen-bond acceptors (Lipinski definition) is 6. The number of carbonyl (C=O) groups is 2. The van der Waals surface area contributed by atoms with Crippen molar-refractivity contribution in [3.8, 4) is 5.75 Å². The third kappa shape index (κ3) is 6.15. The van der Waals surface area contributed by atoms with Crippen LogP contribution in [0.4, 0.5) is 0 Å². The molecule has 5 aromatic rings. The van der Waals surface area contributed by atoms with Crippen molar-refractivity contribution in [2.24, 2.45) is 0 Å². The summed E-state index contributed by atoms with van der Waals surface area (Å²) in [6.45, 7) is 2.75. The average molecular weight is 524 g/mol. The first-order chi connectivity index (χ1) is 19.1. The number of rotatable bonds is 11. The monoisotopic (exact) mass is 523 g/mol. The lowest BCUT2D eigenvalue weighted by atomic mass is 10.0. The SMILES string of the molecule is CCOc1ccc([C@@H](C(=O)NCc2ccccc2)N(Cc2ccco2)C(=O)Cn2nnc3ccccc32)cc1. The molecule has 9 heteroatoms. The summed E-state index contributed by atoms with van der Waals surface area (Å²) in [6.07, 6.45) is 1.55. The Kier molecular flexibility index (Phi) is 7.97. The van der Waals surface area contributed by atoms with E-state index in [1.807, 2.05) is 73.7 Å². The third-order valence-corrected chi connectivity index (χ3v) is 6.31. The fourth-order valence-electron chi connectivity index (χ4n) is 4.41. The Bertz CT molecular complexity index is 1510. The van der Waals surface area contributed by atoms with Crippen molar-refractivity contribution in [2.75, 3.05) is 6.61 Å². The normalized spacial score (nSPS) is 11.7. The molecule has 2 aromatic heterocycles. The van der Waals surface area contributed by atoms with Gasteiger partial charge in [0.25, 0.3) is 0 Å². The van der Waals surface area contributed by atoms with E-state index in [9.17, 15) is 9.59 Å². The van der Waals surface area contributed by atoms with Crippen molar-refractivity contribution < 1.29 is 18.7 Å². The molecule has 0 radical (unpaired) electrons. The van der Waals surface area contributed by atoms with Crippen LogP contribution in [-0.4, -0.2) is 38.3 Å². The molecule has 198 valence electrons. The first-order valence-corrected chi connectivity index (χ1v) is 12.8. The first-order valence-electron chi connectivity index (χ1n) is 12.8. The van der Waals surface area contributed by atoms with Gasteiger partial charge in [-0.2, -0.15) is 0 Å². The van der Waals surface area contributed by atoms with Crippen LogP contribution in [0.25, 0.3) is 11.0 Å². The molecule has 2 amide bonds. The number of nitrogens with zero attached hydrogens (tertiary/aromatic N) is 4. The Morgan fingerprint density at radius 3 is 2.49 bits per heavy atom. The summed E-state index contributed by atoms with van der Waals surface area (Å²) in [7, 11) is 0. The summed E-state index contributed by atoms with van der Waals surface area (Å²) >= 11 is 0. The van der Waals surface area contributed by atoms with Gasteiger partial charge in [0.15, 0.2) is 0 Å². The third-order valence-electron chi connectivity index (χ3n) is 6.31. The second-order valence-corrected chi connectivity index (χ2v) is 8.94. The molecule has 0 bridgehead atoms. The minimum atomic E-state index is -0.934. The molecule has 2 heterocycles. The number of nitrogens with one attached hydrogen (secondary N) is 1. The van der Waals surface area contributed by atoms with Gasteiger partial charge in [-0.1, -0.05) is 59.8 Å². The van der Waals surface area contributed by atoms with E-state index in [0.717, 1.165) is 11.1 Å². The standard InChI is InChI=1S/C30H29N5O4/c1-2-38-24-16-14-23(15-17-24)29(30(37)31-19-22-9-4-3-5-10-22)34(20-25-11-8-18-39-25)28(36)21-35-27-13-7-6-12-26(27)32-33-35/h3-18,29H,2,19-21H2,1H3,(H,31,37)/t29-/m0/s1. The fourth-order valence-corrected chi connectivity index (χ4v) is 4.41. The molecule has 1 atom stereocenters. The number of aromatic nitrogens is 3. The topological polar surface area (TPSA) is 102 Å². The number of para-hydroxylation sites is 1. The zero-order chi connectivity index (χ0) is 27.0. The second-order valence-electron chi connectivity index (χ2n) is 8.94. The summed E-state index contributed by atoms with van der Waals surface area (Å²) < 4.78 is 12.7. The van der Waals surface area contributed by atoms with E-state index in [-0.39, 0.29) is 24.9 Å². The first kappa shape index (κ1) is 25.7. The van der Waals surface area contributed by atoms with Crippen molar-refractivity contribution >= 4 is 22.8 Å². The Labute approximate surface area is 226 Å². The number of fused-ring (bicyclic) bond motifs is 1. The molecule has 0 unspecified atom stereocenters. The lowest BCUT2D eigenvalue weighted by molar-refractivity contribution is -0.142. The van der Waals surface area contributed by atoms with Crippen LogP contribution < -0.4 is 10.1 Å². The number of ether oxygens (including phenoxy) is 1. The van der Waals surface area contributed by atoms with Gasteiger partial charge in [0.05, 0.1) is 24.9 Å². The maximum Gasteiger partial charge on any atom is 0.247 e. The Morgan fingerprint density at radius 2 is 1.74 bits per heavy atom. The maximum atomic E-state index is 13.9. The van der Waals surface area contributed by atoms with Gasteiger partial charge in [0.1, 0.15) is 29.6 Å². The van der Waals surface area contributed by atoms with Crippen molar-refractivity contribution in [3.63, 3.8) is 0 Å². The minimum absolute atomic E-state index is 0.0924. The average Bonchev–Trinajstić information content (AvgIpc) is 3.63. The lowest BCUT2D eigenvalue weighted by Gasteiger charge is -2.31. The van der Waals surface area contributed by atoms with E-state index >= 15 is 0 Å². The van der Waals surface area contributed by atoms with Crippen LogP contribution in [0.5, 0.6) is 5.75 Å². The smallest absolute Gasteiger partial charge is 0.247 e. The molecule has 0 saturated heterocycles. The molecular formula is C30H29N5O4. The van der Waals surface area contributed by atoms with Crippen LogP contribution in [0.2, 0.25) is 0 Å². The highest BCUT2D eigenvalue weighted by Crippen LogP contribution is 2.27. The van der Waals surface area contributed by atoms with E-state index < -0.39 is 6.04 Å². The number of carbonyl (C=O) groups excluding carboxylic acids is 2. The van der Waals surface area contributed by atoms with Crippen LogP contribution in [-0.2, 0) is 29.2 Å². The quantitative estimate of drug-likeness (QED) is 0.273. The van der Waals surface area contributed by atoms with Crippen molar-refractivity contribution in [1.82, 2.24) is 25.2 Å². The highest BCUT2D eigenvalue weighted by atomic mass is 16.5. The lowest BCUT2D eigenvalue weighted by Crippen LogP contribution is -2.44. The molecule has 39 heavy (non-hydrogen) atoms. The van der Waals surface area contributed by atoms with E-state index in [2.05, 4.69) is 15.6 Å². The summed E-state index contributed by atoms with van der Waals surface area (Å²) in [5.74, 6) is 0.614. The van der Waals surface area contributed by atoms with Crippen LogP contribution in [0, 0.1) is 0 Å². The van der Waals surface area contributed by atoms with Crippen molar-refractivity contribution in [1.29, 1.82) is 0 Å². The number of amides is 2.